The van der Waals surface area contributed by atoms with Crippen molar-refractivity contribution >= 4 is 10.9 Å². The van der Waals surface area contributed by atoms with Crippen molar-refractivity contribution in [1.82, 2.24) is 9.88 Å². The molecule has 1 atom stereocenters. The van der Waals surface area contributed by atoms with Gasteiger partial charge in [-0.2, -0.15) is 0 Å². The van der Waals surface area contributed by atoms with Gasteiger partial charge in [0, 0.05) is 24.8 Å². The van der Waals surface area contributed by atoms with Crippen LogP contribution in [0.4, 0.5) is 0 Å². The average molecular weight is 292 g/mol. The Morgan fingerprint density at radius 1 is 1.14 bits per heavy atom. The molecule has 1 aromatic heterocycles. The fraction of sp³-hybridized carbons (Fsp3) is 0.263. The third kappa shape index (κ3) is 2.60. The number of aromatic amines is 1. The van der Waals surface area contributed by atoms with Crippen LogP contribution in [0.3, 0.4) is 0 Å². The van der Waals surface area contributed by atoms with Crippen LogP contribution in [-0.2, 0) is 6.54 Å². The number of aromatic nitrogens is 1. The van der Waals surface area contributed by atoms with Crippen molar-refractivity contribution in [2.45, 2.75) is 18.9 Å². The molecule has 3 aromatic rings. The van der Waals surface area contributed by atoms with Crippen LogP contribution in [0.1, 0.15) is 23.5 Å². The van der Waals surface area contributed by atoms with Crippen LogP contribution in [0.25, 0.3) is 10.9 Å². The fourth-order valence-electron chi connectivity index (χ4n) is 3.48. The molecule has 1 unspecified atom stereocenters. The molecule has 1 saturated heterocycles. The summed E-state index contributed by atoms with van der Waals surface area (Å²) < 4.78 is 0. The molecule has 2 aromatic carbocycles. The Bertz CT molecular complexity index is 793. The molecular weight excluding hydrogens is 272 g/mol. The first-order chi connectivity index (χ1) is 10.8. The number of hydrogen-bond acceptors (Lipinski definition) is 2. The van der Waals surface area contributed by atoms with Crippen molar-refractivity contribution < 1.29 is 5.11 Å². The highest BCUT2D eigenvalue weighted by Gasteiger charge is 2.24. The van der Waals surface area contributed by atoms with Crippen molar-refractivity contribution in [1.29, 1.82) is 0 Å². The number of phenolic OH excluding ortho intramolecular Hbond substituents is 1. The molecule has 0 aliphatic carbocycles. The van der Waals surface area contributed by atoms with Gasteiger partial charge in [0.2, 0.25) is 0 Å². The average Bonchev–Trinajstić information content (AvgIpc) is 3.16. The topological polar surface area (TPSA) is 39.3 Å². The van der Waals surface area contributed by atoms with Gasteiger partial charge in [-0.25, -0.2) is 0 Å². The summed E-state index contributed by atoms with van der Waals surface area (Å²) in [4.78, 5) is 5.78. The van der Waals surface area contributed by atoms with Crippen LogP contribution in [-0.4, -0.2) is 28.1 Å². The maximum absolute atomic E-state index is 9.64. The summed E-state index contributed by atoms with van der Waals surface area (Å²) >= 11 is 0. The summed E-state index contributed by atoms with van der Waals surface area (Å²) in [5.74, 6) is 0.898. The Hall–Kier alpha value is -2.26. The number of rotatable bonds is 3. The molecule has 2 heterocycles. The SMILES string of the molecule is Oc1cccc(C2CCN(Cc3ccc4cc[nH]c4c3)C2)c1. The Balaban J connectivity index is 1.46. The number of likely N-dealkylation sites (tertiary alicyclic amines) is 1. The predicted molar refractivity (Wildman–Crippen MR) is 89.0 cm³/mol. The third-order valence-electron chi connectivity index (χ3n) is 4.64. The quantitative estimate of drug-likeness (QED) is 0.769. The van der Waals surface area contributed by atoms with Crippen LogP contribution in [0.5, 0.6) is 5.75 Å². The zero-order valence-corrected chi connectivity index (χ0v) is 12.5. The van der Waals surface area contributed by atoms with Crippen molar-refractivity contribution in [3.05, 3.63) is 65.9 Å². The molecule has 22 heavy (non-hydrogen) atoms. The number of fused-ring (bicyclic) bond motifs is 1. The minimum Gasteiger partial charge on any atom is -0.508 e. The van der Waals surface area contributed by atoms with Crippen molar-refractivity contribution in [2.75, 3.05) is 13.1 Å². The number of hydrogen-bond donors (Lipinski definition) is 2. The maximum atomic E-state index is 9.64. The largest absolute Gasteiger partial charge is 0.508 e. The van der Waals surface area contributed by atoms with E-state index in [-0.39, 0.29) is 0 Å². The smallest absolute Gasteiger partial charge is 0.115 e. The summed E-state index contributed by atoms with van der Waals surface area (Å²) in [7, 11) is 0. The molecule has 1 aliphatic heterocycles. The molecule has 3 heteroatoms. The van der Waals surface area contributed by atoms with E-state index in [0.29, 0.717) is 11.7 Å². The number of nitrogens with one attached hydrogen (secondary N) is 1. The molecule has 4 rings (SSSR count). The van der Waals surface area contributed by atoms with E-state index in [2.05, 4.69) is 40.2 Å². The molecule has 1 aliphatic rings. The Morgan fingerprint density at radius 2 is 2.09 bits per heavy atom. The van der Waals surface area contributed by atoms with Crippen LogP contribution in [0.15, 0.2) is 54.7 Å². The van der Waals surface area contributed by atoms with Crippen LogP contribution >= 0.6 is 0 Å². The van der Waals surface area contributed by atoms with Crippen LogP contribution in [0, 0.1) is 0 Å². The van der Waals surface area contributed by atoms with Crippen molar-refractivity contribution in [3.63, 3.8) is 0 Å². The first-order valence-corrected chi connectivity index (χ1v) is 7.85. The van der Waals surface area contributed by atoms with Gasteiger partial charge in [0.15, 0.2) is 0 Å². The van der Waals surface area contributed by atoms with Gasteiger partial charge in [-0.15, -0.1) is 0 Å². The number of nitrogens with zero attached hydrogens (tertiary/aromatic N) is 1. The van der Waals surface area contributed by atoms with Gasteiger partial charge in [-0.05, 0) is 59.7 Å². The lowest BCUT2D eigenvalue weighted by Gasteiger charge is -2.16. The van der Waals surface area contributed by atoms with E-state index in [1.54, 1.807) is 6.07 Å². The molecule has 0 amide bonds. The maximum Gasteiger partial charge on any atom is 0.115 e. The highest BCUT2D eigenvalue weighted by molar-refractivity contribution is 5.79. The zero-order valence-electron chi connectivity index (χ0n) is 12.5. The number of benzene rings is 2. The fourth-order valence-corrected chi connectivity index (χ4v) is 3.48. The summed E-state index contributed by atoms with van der Waals surface area (Å²) in [5.41, 5.74) is 3.81. The number of aromatic hydroxyl groups is 1. The second-order valence-corrected chi connectivity index (χ2v) is 6.21. The molecule has 1 fully saturated rings. The van der Waals surface area contributed by atoms with E-state index >= 15 is 0 Å². The van der Waals surface area contributed by atoms with E-state index in [4.69, 9.17) is 0 Å². The molecular formula is C19H20N2O. The standard InChI is InChI=1S/C19H20N2O/c22-18-3-1-2-16(11-18)17-7-9-21(13-17)12-14-4-5-15-6-8-20-19(15)10-14/h1-6,8,10-11,17,20,22H,7,9,12-13H2. The Morgan fingerprint density at radius 3 is 3.00 bits per heavy atom. The van der Waals surface area contributed by atoms with E-state index in [9.17, 15) is 5.11 Å². The minimum atomic E-state index is 0.369. The van der Waals surface area contributed by atoms with Gasteiger partial charge >= 0.3 is 0 Å². The minimum absolute atomic E-state index is 0.369. The lowest BCUT2D eigenvalue weighted by Crippen LogP contribution is -2.19. The van der Waals surface area contributed by atoms with Gasteiger partial charge in [-0.1, -0.05) is 24.3 Å². The summed E-state index contributed by atoms with van der Waals surface area (Å²) in [5, 5.41) is 10.9. The van der Waals surface area contributed by atoms with Gasteiger partial charge in [0.25, 0.3) is 0 Å². The highest BCUT2D eigenvalue weighted by atomic mass is 16.3. The first-order valence-electron chi connectivity index (χ1n) is 7.85. The molecule has 0 bridgehead atoms. The molecule has 112 valence electrons. The number of phenols is 1. The summed E-state index contributed by atoms with van der Waals surface area (Å²) in [6.07, 6.45) is 3.15. The van der Waals surface area contributed by atoms with Gasteiger partial charge in [0.1, 0.15) is 5.75 Å². The van der Waals surface area contributed by atoms with Crippen molar-refractivity contribution in [3.8, 4) is 5.75 Å². The van der Waals surface area contributed by atoms with Crippen LogP contribution < -0.4 is 0 Å². The molecule has 3 nitrogen and oxygen atoms in total. The van der Waals surface area contributed by atoms with E-state index in [1.165, 1.54) is 22.0 Å². The number of H-pyrrole nitrogens is 1. The predicted octanol–water partition coefficient (Wildman–Crippen LogP) is 3.86. The summed E-state index contributed by atoms with van der Waals surface area (Å²) in [6.45, 7) is 3.17. The van der Waals surface area contributed by atoms with E-state index in [0.717, 1.165) is 26.1 Å². The van der Waals surface area contributed by atoms with Crippen LogP contribution in [0.2, 0.25) is 0 Å². The summed E-state index contributed by atoms with van der Waals surface area (Å²) in [6, 6.07) is 16.5. The third-order valence-corrected chi connectivity index (χ3v) is 4.64. The lowest BCUT2D eigenvalue weighted by atomic mass is 9.98. The second-order valence-electron chi connectivity index (χ2n) is 6.21. The van der Waals surface area contributed by atoms with E-state index in [1.807, 2.05) is 18.3 Å². The molecule has 0 saturated carbocycles. The highest BCUT2D eigenvalue weighted by Crippen LogP contribution is 2.30. The van der Waals surface area contributed by atoms with Crippen molar-refractivity contribution in [2.24, 2.45) is 0 Å². The van der Waals surface area contributed by atoms with Gasteiger partial charge in [-0.3, -0.25) is 4.90 Å². The zero-order chi connectivity index (χ0) is 14.9. The first kappa shape index (κ1) is 13.4. The monoisotopic (exact) mass is 292 g/mol. The lowest BCUT2D eigenvalue weighted by molar-refractivity contribution is 0.327. The van der Waals surface area contributed by atoms with Gasteiger partial charge < -0.3 is 10.1 Å². The van der Waals surface area contributed by atoms with Gasteiger partial charge in [0.05, 0.1) is 0 Å². The molecule has 2 N–H and O–H groups in total. The Kier molecular flexibility index (Phi) is 3.35. The molecule has 0 spiro atoms. The Labute approximate surface area is 130 Å². The van der Waals surface area contributed by atoms with E-state index < -0.39 is 0 Å². The second kappa shape index (κ2) is 5.50. The molecule has 0 radical (unpaired) electrons. The normalized spacial score (nSPS) is 19.0.